The molecule has 27 heavy (non-hydrogen) atoms. The number of aryl methyl sites for hydroxylation is 1. The van der Waals surface area contributed by atoms with Gasteiger partial charge in [0.15, 0.2) is 0 Å². The molecule has 0 N–H and O–H groups in total. The van der Waals surface area contributed by atoms with E-state index in [0.29, 0.717) is 35.9 Å². The topological polar surface area (TPSA) is 40.6 Å². The number of nitrogens with zero attached hydrogens (tertiary/aromatic N) is 2. The molecule has 2 heterocycles. The first-order valence-corrected chi connectivity index (χ1v) is 11.3. The van der Waals surface area contributed by atoms with Gasteiger partial charge in [-0.25, -0.2) is 8.42 Å². The second kappa shape index (κ2) is 7.38. The molecular formula is C22H28N2O2S. The number of rotatable bonds is 5. The number of hydrogen-bond donors (Lipinski definition) is 0. The molecule has 5 heteroatoms. The van der Waals surface area contributed by atoms with Crippen molar-refractivity contribution in [2.24, 2.45) is 5.92 Å². The number of likely N-dealkylation sites (tertiary alicyclic amines) is 1. The minimum absolute atomic E-state index is 0.456. The molecule has 0 radical (unpaired) electrons. The second-order valence-electron chi connectivity index (χ2n) is 8.01. The van der Waals surface area contributed by atoms with Gasteiger partial charge < -0.3 is 0 Å². The van der Waals surface area contributed by atoms with Gasteiger partial charge in [-0.15, -0.1) is 0 Å². The van der Waals surface area contributed by atoms with Crippen LogP contribution in [0.3, 0.4) is 0 Å². The lowest BCUT2D eigenvalue weighted by Crippen LogP contribution is -2.64. The third kappa shape index (κ3) is 3.56. The number of sulfonamides is 1. The fourth-order valence-electron chi connectivity index (χ4n) is 4.60. The first kappa shape index (κ1) is 18.7. The van der Waals surface area contributed by atoms with E-state index in [0.717, 1.165) is 25.1 Å². The van der Waals surface area contributed by atoms with Gasteiger partial charge in [0.1, 0.15) is 0 Å². The summed E-state index contributed by atoms with van der Waals surface area (Å²) in [5.41, 5.74) is 2.20. The summed E-state index contributed by atoms with van der Waals surface area (Å²) in [6, 6.07) is 18.5. The maximum absolute atomic E-state index is 13.0. The van der Waals surface area contributed by atoms with E-state index in [-0.39, 0.29) is 0 Å². The molecular weight excluding hydrogens is 356 g/mol. The summed E-state index contributed by atoms with van der Waals surface area (Å²) in [7, 11) is -3.38. The zero-order valence-corrected chi connectivity index (χ0v) is 16.9. The molecule has 2 aliphatic heterocycles. The van der Waals surface area contributed by atoms with Crippen LogP contribution in [0, 0.1) is 12.8 Å². The second-order valence-corrected chi connectivity index (χ2v) is 9.92. The van der Waals surface area contributed by atoms with Gasteiger partial charge in [0.2, 0.25) is 10.0 Å². The monoisotopic (exact) mass is 384 g/mol. The Hall–Kier alpha value is -1.69. The average molecular weight is 385 g/mol. The Balaban J connectivity index is 1.39. The van der Waals surface area contributed by atoms with Crippen LogP contribution in [-0.4, -0.2) is 49.8 Å². The predicted molar refractivity (Wildman–Crippen MR) is 108 cm³/mol. The zero-order chi connectivity index (χ0) is 19.0. The molecule has 2 aromatic rings. The Morgan fingerprint density at radius 1 is 1.04 bits per heavy atom. The highest BCUT2D eigenvalue weighted by Gasteiger charge is 2.45. The maximum atomic E-state index is 13.0. The van der Waals surface area contributed by atoms with Crippen molar-refractivity contribution in [3.63, 3.8) is 0 Å². The zero-order valence-electron chi connectivity index (χ0n) is 16.1. The van der Waals surface area contributed by atoms with Crippen molar-refractivity contribution in [2.45, 2.75) is 37.1 Å². The summed E-state index contributed by atoms with van der Waals surface area (Å²) in [5.74, 6) is 0.960. The van der Waals surface area contributed by atoms with Crippen molar-refractivity contribution in [3.05, 3.63) is 65.7 Å². The van der Waals surface area contributed by atoms with E-state index >= 15 is 0 Å². The van der Waals surface area contributed by atoms with Crippen LogP contribution in [0.5, 0.6) is 0 Å². The van der Waals surface area contributed by atoms with Crippen molar-refractivity contribution < 1.29 is 8.42 Å². The predicted octanol–water partition coefficient (Wildman–Crippen LogP) is 3.49. The first-order valence-electron chi connectivity index (χ1n) is 9.81. The number of piperidine rings is 1. The molecule has 4 nitrogen and oxygen atoms in total. The quantitative estimate of drug-likeness (QED) is 0.792. The lowest BCUT2D eigenvalue weighted by molar-refractivity contribution is -0.0272. The summed E-state index contributed by atoms with van der Waals surface area (Å²) in [6.45, 7) is 7.47. The van der Waals surface area contributed by atoms with Crippen LogP contribution in [0.2, 0.25) is 0 Å². The van der Waals surface area contributed by atoms with Gasteiger partial charge in [-0.2, -0.15) is 4.31 Å². The van der Waals surface area contributed by atoms with Crippen LogP contribution in [0.25, 0.3) is 0 Å². The molecule has 0 aliphatic carbocycles. The summed E-state index contributed by atoms with van der Waals surface area (Å²) in [4.78, 5) is 3.00. The molecule has 0 spiro atoms. The van der Waals surface area contributed by atoms with Crippen LogP contribution in [0.1, 0.15) is 30.4 Å². The van der Waals surface area contributed by atoms with Crippen molar-refractivity contribution in [3.8, 4) is 0 Å². The molecule has 144 valence electrons. The van der Waals surface area contributed by atoms with E-state index in [4.69, 9.17) is 0 Å². The van der Waals surface area contributed by atoms with Crippen LogP contribution < -0.4 is 0 Å². The highest BCUT2D eigenvalue weighted by Crippen LogP contribution is 2.36. The fraction of sp³-hybridized carbons (Fsp3) is 0.455. The summed E-state index contributed by atoms with van der Waals surface area (Å²) in [5, 5.41) is 0. The maximum Gasteiger partial charge on any atom is 0.243 e. The molecule has 0 aromatic heterocycles. The molecule has 4 rings (SSSR count). The Labute approximate surface area is 162 Å². The largest absolute Gasteiger partial charge is 0.299 e. The highest BCUT2D eigenvalue weighted by molar-refractivity contribution is 7.89. The third-order valence-electron chi connectivity index (χ3n) is 6.18. The van der Waals surface area contributed by atoms with Crippen LogP contribution in [-0.2, 0) is 10.0 Å². The number of hydrogen-bond acceptors (Lipinski definition) is 3. The summed E-state index contributed by atoms with van der Waals surface area (Å²) >= 11 is 0. The minimum Gasteiger partial charge on any atom is -0.299 e. The van der Waals surface area contributed by atoms with Crippen molar-refractivity contribution in [2.75, 3.05) is 26.2 Å². The molecule has 0 unspecified atom stereocenters. The standard InChI is InChI=1S/C22H28N2O2S/c1-17-8-6-7-11-22(17)27(25,26)24-13-12-21-20(16-24)15-23(21)14-18(2)19-9-4-3-5-10-19/h3-11,18,20-21H,12-16H2,1-2H3/t18-,20+,21-/m1/s1. The molecule has 2 aromatic carbocycles. The molecule has 2 saturated heterocycles. The summed E-state index contributed by atoms with van der Waals surface area (Å²) in [6.07, 6.45) is 0.928. The van der Waals surface area contributed by atoms with E-state index < -0.39 is 10.0 Å². The molecule has 0 amide bonds. The van der Waals surface area contributed by atoms with Gasteiger partial charge in [0.25, 0.3) is 0 Å². The molecule has 2 aliphatic rings. The third-order valence-corrected chi connectivity index (χ3v) is 8.21. The average Bonchev–Trinajstić information content (AvgIpc) is 2.66. The Bertz CT molecular complexity index is 898. The Morgan fingerprint density at radius 3 is 2.44 bits per heavy atom. The normalized spacial score (nSPS) is 24.8. The van der Waals surface area contributed by atoms with E-state index in [1.54, 1.807) is 10.4 Å². The van der Waals surface area contributed by atoms with Crippen molar-refractivity contribution in [1.29, 1.82) is 0 Å². The molecule has 2 fully saturated rings. The summed E-state index contributed by atoms with van der Waals surface area (Å²) < 4.78 is 27.8. The van der Waals surface area contributed by atoms with E-state index in [2.05, 4.69) is 42.2 Å². The van der Waals surface area contributed by atoms with Gasteiger partial charge in [0, 0.05) is 38.1 Å². The van der Waals surface area contributed by atoms with Crippen molar-refractivity contribution >= 4 is 10.0 Å². The van der Waals surface area contributed by atoms with Gasteiger partial charge in [-0.1, -0.05) is 55.5 Å². The van der Waals surface area contributed by atoms with Crippen LogP contribution in [0.15, 0.2) is 59.5 Å². The fourth-order valence-corrected chi connectivity index (χ4v) is 6.33. The number of fused-ring (bicyclic) bond motifs is 1. The molecule has 0 bridgehead atoms. The van der Waals surface area contributed by atoms with Gasteiger partial charge in [-0.3, -0.25) is 4.90 Å². The SMILES string of the molecule is Cc1ccccc1S(=O)(=O)N1CC[C@@H]2[C@@H](CN2C[C@@H](C)c2ccccc2)C1. The van der Waals surface area contributed by atoms with Gasteiger partial charge in [0.05, 0.1) is 4.90 Å². The van der Waals surface area contributed by atoms with Gasteiger partial charge in [-0.05, 0) is 36.5 Å². The molecule has 0 saturated carbocycles. The smallest absolute Gasteiger partial charge is 0.243 e. The number of benzene rings is 2. The lowest BCUT2D eigenvalue weighted by Gasteiger charge is -2.53. The lowest BCUT2D eigenvalue weighted by atomic mass is 9.82. The first-order chi connectivity index (χ1) is 13.0. The minimum atomic E-state index is -3.38. The van der Waals surface area contributed by atoms with Crippen LogP contribution >= 0.6 is 0 Å². The van der Waals surface area contributed by atoms with Crippen LogP contribution in [0.4, 0.5) is 0 Å². The van der Waals surface area contributed by atoms with E-state index in [1.165, 1.54) is 5.56 Å². The van der Waals surface area contributed by atoms with Crippen molar-refractivity contribution in [1.82, 2.24) is 9.21 Å². The highest BCUT2D eigenvalue weighted by atomic mass is 32.2. The van der Waals surface area contributed by atoms with E-state index in [9.17, 15) is 8.42 Å². The van der Waals surface area contributed by atoms with E-state index in [1.807, 2.05) is 25.1 Å². The Morgan fingerprint density at radius 2 is 1.74 bits per heavy atom. The Kier molecular flexibility index (Phi) is 5.10. The van der Waals surface area contributed by atoms with Gasteiger partial charge >= 0.3 is 0 Å². The molecule has 3 atom stereocenters.